The molecule has 0 aliphatic carbocycles. The predicted octanol–water partition coefficient (Wildman–Crippen LogP) is 5.16. The molecular weight excluding hydrogens is 317 g/mol. The highest BCUT2D eigenvalue weighted by Gasteiger charge is 2.07. The molecule has 0 aromatic heterocycles. The van der Waals surface area contributed by atoms with E-state index in [1.54, 1.807) is 12.1 Å². The molecule has 0 atom stereocenters. The molecule has 0 heterocycles. The summed E-state index contributed by atoms with van der Waals surface area (Å²) in [6.45, 7) is 2.37. The molecule has 0 aliphatic rings. The second-order valence-corrected chi connectivity index (χ2v) is 5.30. The molecule has 0 saturated heterocycles. The van der Waals surface area contributed by atoms with Crippen LogP contribution in [0.3, 0.4) is 0 Å². The Hall–Kier alpha value is -1.06. The lowest BCUT2D eigenvalue weighted by Crippen LogP contribution is -2.03. The van der Waals surface area contributed by atoms with Crippen molar-refractivity contribution in [3.63, 3.8) is 0 Å². The van der Waals surface area contributed by atoms with Gasteiger partial charge in [0.1, 0.15) is 5.82 Å². The van der Waals surface area contributed by atoms with E-state index in [0.717, 1.165) is 15.7 Å². The lowest BCUT2D eigenvalue weighted by atomic mass is 10.2. The van der Waals surface area contributed by atoms with E-state index < -0.39 is 0 Å². The maximum atomic E-state index is 13.6. The molecule has 0 bridgehead atoms. The van der Waals surface area contributed by atoms with Gasteiger partial charge in [0.2, 0.25) is 0 Å². The van der Waals surface area contributed by atoms with Gasteiger partial charge in [-0.3, -0.25) is 0 Å². The van der Waals surface area contributed by atoms with Crippen molar-refractivity contribution < 1.29 is 4.39 Å². The van der Waals surface area contributed by atoms with Gasteiger partial charge in [0.15, 0.2) is 0 Å². The zero-order valence-corrected chi connectivity index (χ0v) is 12.1. The van der Waals surface area contributed by atoms with E-state index in [4.69, 9.17) is 11.6 Å². The second-order valence-electron chi connectivity index (χ2n) is 4.04. The minimum atomic E-state index is -0.293. The highest BCUT2D eigenvalue weighted by molar-refractivity contribution is 9.10. The van der Waals surface area contributed by atoms with Gasteiger partial charge < -0.3 is 5.32 Å². The van der Waals surface area contributed by atoms with Crippen molar-refractivity contribution in [1.82, 2.24) is 0 Å². The molecular formula is C14H12BrClFN. The van der Waals surface area contributed by atoms with Gasteiger partial charge in [0, 0.05) is 27.3 Å². The Bertz CT molecular complexity index is 551. The Labute approximate surface area is 119 Å². The third-order valence-electron chi connectivity index (χ3n) is 2.64. The van der Waals surface area contributed by atoms with Crippen LogP contribution in [0.4, 0.5) is 10.1 Å². The average molecular weight is 329 g/mol. The molecule has 2 aromatic carbocycles. The SMILES string of the molecule is Cc1ccc(NCc2c(F)cccc2Cl)c(Br)c1. The van der Waals surface area contributed by atoms with Crippen LogP contribution in [-0.2, 0) is 6.54 Å². The van der Waals surface area contributed by atoms with Crippen LogP contribution in [0.25, 0.3) is 0 Å². The summed E-state index contributed by atoms with van der Waals surface area (Å²) in [5, 5.41) is 3.60. The van der Waals surface area contributed by atoms with Crippen molar-refractivity contribution in [3.8, 4) is 0 Å². The van der Waals surface area contributed by atoms with Crippen molar-refractivity contribution in [2.24, 2.45) is 0 Å². The molecule has 18 heavy (non-hydrogen) atoms. The minimum Gasteiger partial charge on any atom is -0.380 e. The largest absolute Gasteiger partial charge is 0.380 e. The minimum absolute atomic E-state index is 0.293. The van der Waals surface area contributed by atoms with Gasteiger partial charge in [-0.05, 0) is 52.7 Å². The van der Waals surface area contributed by atoms with Crippen LogP contribution in [0.15, 0.2) is 40.9 Å². The molecule has 1 nitrogen and oxygen atoms in total. The molecule has 0 spiro atoms. The Morgan fingerprint density at radius 1 is 1.28 bits per heavy atom. The summed E-state index contributed by atoms with van der Waals surface area (Å²) < 4.78 is 14.5. The first-order valence-electron chi connectivity index (χ1n) is 5.51. The maximum Gasteiger partial charge on any atom is 0.129 e. The molecule has 0 fully saturated rings. The van der Waals surface area contributed by atoms with Gasteiger partial charge in [-0.15, -0.1) is 0 Å². The number of anilines is 1. The number of rotatable bonds is 3. The molecule has 0 radical (unpaired) electrons. The average Bonchev–Trinajstić information content (AvgIpc) is 2.31. The first-order valence-corrected chi connectivity index (χ1v) is 6.68. The third-order valence-corrected chi connectivity index (χ3v) is 3.65. The van der Waals surface area contributed by atoms with Gasteiger partial charge >= 0.3 is 0 Å². The molecule has 2 aromatic rings. The molecule has 2 rings (SSSR count). The van der Waals surface area contributed by atoms with E-state index >= 15 is 0 Å². The molecule has 0 amide bonds. The van der Waals surface area contributed by atoms with E-state index in [-0.39, 0.29) is 5.82 Å². The highest BCUT2D eigenvalue weighted by Crippen LogP contribution is 2.25. The topological polar surface area (TPSA) is 12.0 Å². The smallest absolute Gasteiger partial charge is 0.129 e. The second kappa shape index (κ2) is 5.72. The summed E-state index contributed by atoms with van der Waals surface area (Å²) in [6.07, 6.45) is 0. The van der Waals surface area contributed by atoms with Crippen LogP contribution in [0.5, 0.6) is 0 Å². The van der Waals surface area contributed by atoms with Crippen LogP contribution >= 0.6 is 27.5 Å². The molecule has 0 unspecified atom stereocenters. The summed E-state index contributed by atoms with van der Waals surface area (Å²) in [5.74, 6) is -0.293. The van der Waals surface area contributed by atoms with Gasteiger partial charge in [-0.2, -0.15) is 0 Å². The zero-order valence-electron chi connectivity index (χ0n) is 9.81. The molecule has 94 valence electrons. The van der Waals surface area contributed by atoms with E-state index in [9.17, 15) is 4.39 Å². The van der Waals surface area contributed by atoms with Gasteiger partial charge in [-0.25, -0.2) is 4.39 Å². The molecule has 0 aliphatic heterocycles. The van der Waals surface area contributed by atoms with Crippen molar-refractivity contribution in [2.75, 3.05) is 5.32 Å². The van der Waals surface area contributed by atoms with Crippen molar-refractivity contribution in [1.29, 1.82) is 0 Å². The lowest BCUT2D eigenvalue weighted by Gasteiger charge is -2.11. The fourth-order valence-corrected chi connectivity index (χ4v) is 2.51. The van der Waals surface area contributed by atoms with Crippen molar-refractivity contribution in [3.05, 3.63) is 62.8 Å². The van der Waals surface area contributed by atoms with E-state index in [1.165, 1.54) is 6.07 Å². The summed E-state index contributed by atoms with van der Waals surface area (Å²) in [7, 11) is 0. The Balaban J connectivity index is 2.16. The standard InChI is InChI=1S/C14H12BrClFN/c1-9-5-6-14(11(15)7-9)18-8-10-12(16)3-2-4-13(10)17/h2-7,18H,8H2,1H3. The third kappa shape index (κ3) is 3.03. The molecule has 1 N–H and O–H groups in total. The zero-order chi connectivity index (χ0) is 13.1. The maximum absolute atomic E-state index is 13.6. The quantitative estimate of drug-likeness (QED) is 0.820. The van der Waals surface area contributed by atoms with Crippen LogP contribution in [0.2, 0.25) is 5.02 Å². The monoisotopic (exact) mass is 327 g/mol. The summed E-state index contributed by atoms with van der Waals surface area (Å²) in [5.41, 5.74) is 2.56. The number of nitrogens with one attached hydrogen (secondary N) is 1. The van der Waals surface area contributed by atoms with Crippen LogP contribution < -0.4 is 5.32 Å². The van der Waals surface area contributed by atoms with Gasteiger partial charge in [0.05, 0.1) is 0 Å². The number of hydrogen-bond acceptors (Lipinski definition) is 1. The van der Waals surface area contributed by atoms with Crippen molar-refractivity contribution in [2.45, 2.75) is 13.5 Å². The van der Waals surface area contributed by atoms with Crippen LogP contribution in [0.1, 0.15) is 11.1 Å². The summed E-state index contributed by atoms with van der Waals surface area (Å²) in [4.78, 5) is 0. The fourth-order valence-electron chi connectivity index (χ4n) is 1.65. The Morgan fingerprint density at radius 2 is 2.06 bits per heavy atom. The van der Waals surface area contributed by atoms with Crippen LogP contribution in [-0.4, -0.2) is 0 Å². The summed E-state index contributed by atoms with van der Waals surface area (Å²) in [6, 6.07) is 10.7. The molecule has 0 saturated carbocycles. The van der Waals surface area contributed by atoms with Crippen LogP contribution in [0, 0.1) is 12.7 Å². The normalized spacial score (nSPS) is 10.4. The summed E-state index contributed by atoms with van der Waals surface area (Å²) >= 11 is 9.44. The van der Waals surface area contributed by atoms with E-state index in [2.05, 4.69) is 21.2 Å². The fraction of sp³-hybridized carbons (Fsp3) is 0.143. The number of aryl methyl sites for hydroxylation is 1. The number of hydrogen-bond donors (Lipinski definition) is 1. The Kier molecular flexibility index (Phi) is 4.25. The van der Waals surface area contributed by atoms with E-state index in [1.807, 2.05) is 25.1 Å². The van der Waals surface area contributed by atoms with Crippen molar-refractivity contribution >= 4 is 33.2 Å². The first-order chi connectivity index (χ1) is 8.58. The van der Waals surface area contributed by atoms with E-state index in [0.29, 0.717) is 17.1 Å². The molecule has 4 heteroatoms. The number of benzene rings is 2. The van der Waals surface area contributed by atoms with Gasteiger partial charge in [0.25, 0.3) is 0 Å². The Morgan fingerprint density at radius 3 is 2.72 bits per heavy atom. The lowest BCUT2D eigenvalue weighted by molar-refractivity contribution is 0.613. The first kappa shape index (κ1) is 13.4. The number of halogens is 3. The van der Waals surface area contributed by atoms with Gasteiger partial charge in [-0.1, -0.05) is 23.7 Å². The predicted molar refractivity (Wildman–Crippen MR) is 77.6 cm³/mol. The highest BCUT2D eigenvalue weighted by atomic mass is 79.9.